The van der Waals surface area contributed by atoms with Gasteiger partial charge in [-0.2, -0.15) is 0 Å². The van der Waals surface area contributed by atoms with E-state index in [9.17, 15) is 4.79 Å². The van der Waals surface area contributed by atoms with Crippen LogP contribution in [0.3, 0.4) is 0 Å². The van der Waals surface area contributed by atoms with Crippen LogP contribution in [0.25, 0.3) is 0 Å². The minimum Gasteiger partial charge on any atom is -0.377 e. The molecule has 2 aromatic carbocycles. The SMILES string of the molecule is Cc1cc(NC(=O)N(C)C(C)c2ccc(Cl)cc2)ccc1N(C)C. The van der Waals surface area contributed by atoms with Gasteiger partial charge in [-0.1, -0.05) is 23.7 Å². The lowest BCUT2D eigenvalue weighted by molar-refractivity contribution is 0.208. The molecule has 0 spiro atoms. The molecule has 1 unspecified atom stereocenters. The minimum atomic E-state index is -0.144. The van der Waals surface area contributed by atoms with E-state index in [4.69, 9.17) is 11.6 Å². The summed E-state index contributed by atoms with van der Waals surface area (Å²) in [6.07, 6.45) is 0. The molecule has 0 heterocycles. The summed E-state index contributed by atoms with van der Waals surface area (Å²) in [6, 6.07) is 13.3. The highest BCUT2D eigenvalue weighted by atomic mass is 35.5. The maximum Gasteiger partial charge on any atom is 0.322 e. The summed E-state index contributed by atoms with van der Waals surface area (Å²) in [5.41, 5.74) is 4.08. The van der Waals surface area contributed by atoms with Crippen molar-refractivity contribution in [3.63, 3.8) is 0 Å². The van der Waals surface area contributed by atoms with Gasteiger partial charge in [0, 0.05) is 37.5 Å². The Hall–Kier alpha value is -2.20. The first-order valence-corrected chi connectivity index (χ1v) is 8.24. The third-order valence-electron chi connectivity index (χ3n) is 4.18. The largest absolute Gasteiger partial charge is 0.377 e. The molecule has 0 fully saturated rings. The quantitative estimate of drug-likeness (QED) is 0.851. The smallest absolute Gasteiger partial charge is 0.322 e. The van der Waals surface area contributed by atoms with E-state index in [1.807, 2.05) is 70.4 Å². The monoisotopic (exact) mass is 345 g/mol. The fourth-order valence-corrected chi connectivity index (χ4v) is 2.71. The van der Waals surface area contributed by atoms with Gasteiger partial charge in [-0.3, -0.25) is 0 Å². The van der Waals surface area contributed by atoms with Crippen LogP contribution in [-0.2, 0) is 0 Å². The molecule has 0 bridgehead atoms. The van der Waals surface area contributed by atoms with Crippen molar-refractivity contribution < 1.29 is 4.79 Å². The van der Waals surface area contributed by atoms with Crippen LogP contribution in [0, 0.1) is 6.92 Å². The van der Waals surface area contributed by atoms with Crippen molar-refractivity contribution in [1.82, 2.24) is 4.90 Å². The van der Waals surface area contributed by atoms with Gasteiger partial charge in [0.2, 0.25) is 0 Å². The van der Waals surface area contributed by atoms with Gasteiger partial charge in [0.15, 0.2) is 0 Å². The molecule has 0 saturated heterocycles. The Bertz CT molecular complexity index is 713. The predicted octanol–water partition coefficient (Wildman–Crippen LogP) is 4.94. The summed E-state index contributed by atoms with van der Waals surface area (Å²) < 4.78 is 0. The lowest BCUT2D eigenvalue weighted by Crippen LogP contribution is -2.33. The average Bonchev–Trinajstić information content (AvgIpc) is 2.53. The van der Waals surface area contributed by atoms with Gasteiger partial charge in [-0.15, -0.1) is 0 Å². The topological polar surface area (TPSA) is 35.6 Å². The molecule has 0 aliphatic carbocycles. The van der Waals surface area contributed by atoms with E-state index in [1.165, 1.54) is 0 Å². The fraction of sp³-hybridized carbons (Fsp3) is 0.316. The summed E-state index contributed by atoms with van der Waals surface area (Å²) in [7, 11) is 5.79. The molecule has 5 heteroatoms. The predicted molar refractivity (Wildman–Crippen MR) is 102 cm³/mol. The Kier molecular flexibility index (Phi) is 5.73. The van der Waals surface area contributed by atoms with Crippen molar-refractivity contribution in [2.45, 2.75) is 19.9 Å². The van der Waals surface area contributed by atoms with Crippen LogP contribution in [0.15, 0.2) is 42.5 Å². The number of nitrogens with one attached hydrogen (secondary N) is 1. The van der Waals surface area contributed by atoms with Crippen LogP contribution in [0.4, 0.5) is 16.2 Å². The Morgan fingerprint density at radius 3 is 2.25 bits per heavy atom. The van der Waals surface area contributed by atoms with E-state index in [0.29, 0.717) is 5.02 Å². The number of hydrogen-bond donors (Lipinski definition) is 1. The van der Waals surface area contributed by atoms with Crippen molar-refractivity contribution in [2.75, 3.05) is 31.4 Å². The maximum absolute atomic E-state index is 12.5. The molecule has 4 nitrogen and oxygen atoms in total. The van der Waals surface area contributed by atoms with Gasteiger partial charge >= 0.3 is 6.03 Å². The van der Waals surface area contributed by atoms with Crippen LogP contribution < -0.4 is 10.2 Å². The van der Waals surface area contributed by atoms with E-state index >= 15 is 0 Å². The molecule has 0 radical (unpaired) electrons. The van der Waals surface area contributed by atoms with Crippen molar-refractivity contribution in [3.05, 3.63) is 58.6 Å². The third-order valence-corrected chi connectivity index (χ3v) is 4.44. The Labute approximate surface area is 149 Å². The normalized spacial score (nSPS) is 11.8. The molecule has 1 atom stereocenters. The van der Waals surface area contributed by atoms with E-state index < -0.39 is 0 Å². The van der Waals surface area contributed by atoms with Crippen LogP contribution in [0.2, 0.25) is 5.02 Å². The van der Waals surface area contributed by atoms with E-state index in [1.54, 1.807) is 11.9 Å². The van der Waals surface area contributed by atoms with Crippen LogP contribution >= 0.6 is 11.6 Å². The number of hydrogen-bond acceptors (Lipinski definition) is 2. The molecular formula is C19H24ClN3O. The van der Waals surface area contributed by atoms with Gasteiger partial charge in [0.1, 0.15) is 0 Å². The fourth-order valence-electron chi connectivity index (χ4n) is 2.59. The first-order chi connectivity index (χ1) is 11.3. The molecule has 0 aliphatic heterocycles. The number of benzene rings is 2. The molecule has 2 rings (SSSR count). The Balaban J connectivity index is 2.08. The second-order valence-corrected chi connectivity index (χ2v) is 6.60. The highest BCUT2D eigenvalue weighted by molar-refractivity contribution is 6.30. The number of carbonyl (C=O) groups excluding carboxylic acids is 1. The van der Waals surface area contributed by atoms with Crippen molar-refractivity contribution in [1.29, 1.82) is 0 Å². The summed E-state index contributed by atoms with van der Waals surface area (Å²) in [5.74, 6) is 0. The molecule has 1 N–H and O–H groups in total. The number of urea groups is 1. The Morgan fingerprint density at radius 2 is 1.71 bits per heavy atom. The zero-order chi connectivity index (χ0) is 17.9. The van der Waals surface area contributed by atoms with Gasteiger partial charge < -0.3 is 15.1 Å². The average molecular weight is 346 g/mol. The molecule has 0 aromatic heterocycles. The van der Waals surface area contributed by atoms with Crippen molar-refractivity contribution in [3.8, 4) is 0 Å². The second kappa shape index (κ2) is 7.58. The lowest BCUT2D eigenvalue weighted by Gasteiger charge is -2.26. The number of rotatable bonds is 4. The highest BCUT2D eigenvalue weighted by Gasteiger charge is 2.17. The first kappa shape index (κ1) is 18.1. The Morgan fingerprint density at radius 1 is 1.08 bits per heavy atom. The molecular weight excluding hydrogens is 322 g/mol. The van der Waals surface area contributed by atoms with Gasteiger partial charge in [0.05, 0.1) is 6.04 Å². The first-order valence-electron chi connectivity index (χ1n) is 7.87. The van der Waals surface area contributed by atoms with Gasteiger partial charge in [0.25, 0.3) is 0 Å². The van der Waals surface area contributed by atoms with E-state index in [0.717, 1.165) is 22.5 Å². The highest BCUT2D eigenvalue weighted by Crippen LogP contribution is 2.24. The van der Waals surface area contributed by atoms with Crippen LogP contribution in [0.1, 0.15) is 24.1 Å². The molecule has 0 aliphatic rings. The summed E-state index contributed by atoms with van der Waals surface area (Å²) in [4.78, 5) is 16.2. The van der Waals surface area contributed by atoms with Crippen molar-refractivity contribution in [2.24, 2.45) is 0 Å². The number of amides is 2. The maximum atomic E-state index is 12.5. The van der Waals surface area contributed by atoms with Gasteiger partial charge in [-0.05, 0) is 55.3 Å². The summed E-state index contributed by atoms with van der Waals surface area (Å²) >= 11 is 5.92. The molecule has 2 amide bonds. The third kappa shape index (κ3) is 4.20. The van der Waals surface area contributed by atoms with Gasteiger partial charge in [-0.25, -0.2) is 4.79 Å². The number of nitrogens with zero attached hydrogens (tertiary/aromatic N) is 2. The number of halogens is 1. The van der Waals surface area contributed by atoms with Crippen molar-refractivity contribution >= 4 is 29.0 Å². The summed E-state index contributed by atoms with van der Waals surface area (Å²) in [6.45, 7) is 4.02. The molecule has 24 heavy (non-hydrogen) atoms. The van der Waals surface area contributed by atoms with E-state index in [-0.39, 0.29) is 12.1 Å². The lowest BCUT2D eigenvalue weighted by atomic mass is 10.1. The molecule has 128 valence electrons. The van der Waals surface area contributed by atoms with Crippen LogP contribution in [-0.4, -0.2) is 32.1 Å². The van der Waals surface area contributed by atoms with E-state index in [2.05, 4.69) is 10.2 Å². The molecule has 2 aromatic rings. The zero-order valence-corrected chi connectivity index (χ0v) is 15.6. The minimum absolute atomic E-state index is 0.0515. The second-order valence-electron chi connectivity index (χ2n) is 6.16. The summed E-state index contributed by atoms with van der Waals surface area (Å²) in [5, 5.41) is 3.64. The standard InChI is InChI=1S/C19H24ClN3O/c1-13-12-17(10-11-18(13)22(3)4)21-19(24)23(5)14(2)15-6-8-16(20)9-7-15/h6-12,14H,1-5H3,(H,21,24). The number of carbonyl (C=O) groups is 1. The zero-order valence-electron chi connectivity index (χ0n) is 14.8. The molecule has 0 saturated carbocycles. The van der Waals surface area contributed by atoms with Crippen LogP contribution in [0.5, 0.6) is 0 Å². The number of aryl methyl sites for hydroxylation is 1. The number of anilines is 2.